The summed E-state index contributed by atoms with van der Waals surface area (Å²) < 4.78 is 0. The second kappa shape index (κ2) is 9.23. The van der Waals surface area contributed by atoms with Crippen molar-refractivity contribution in [3.63, 3.8) is 0 Å². The lowest BCUT2D eigenvalue weighted by atomic mass is 10.1. The fourth-order valence-electron chi connectivity index (χ4n) is 1.73. The van der Waals surface area contributed by atoms with Gasteiger partial charge >= 0.3 is 0 Å². The minimum Gasteiger partial charge on any atom is -0.392 e. The summed E-state index contributed by atoms with van der Waals surface area (Å²) in [5.74, 6) is 0. The molecule has 4 heteroatoms. The summed E-state index contributed by atoms with van der Waals surface area (Å²) in [7, 11) is 0. The van der Waals surface area contributed by atoms with Crippen LogP contribution >= 0.6 is 0 Å². The van der Waals surface area contributed by atoms with E-state index in [0.717, 1.165) is 22.3 Å². The van der Waals surface area contributed by atoms with Crippen molar-refractivity contribution in [2.24, 2.45) is 0 Å². The van der Waals surface area contributed by atoms with E-state index in [-0.39, 0.29) is 26.4 Å². The molecule has 0 heterocycles. The lowest BCUT2D eigenvalue weighted by molar-refractivity contribution is 0.260. The minimum absolute atomic E-state index is 0.00324. The normalized spacial score (nSPS) is 9.80. The van der Waals surface area contributed by atoms with Crippen LogP contribution in [0.2, 0.25) is 0 Å². The minimum atomic E-state index is -0.00324. The van der Waals surface area contributed by atoms with Crippen LogP contribution in [0.3, 0.4) is 0 Å². The first-order chi connectivity index (χ1) is 9.76. The topological polar surface area (TPSA) is 80.9 Å². The third kappa shape index (κ3) is 4.75. The van der Waals surface area contributed by atoms with Crippen molar-refractivity contribution in [1.82, 2.24) is 0 Å². The summed E-state index contributed by atoms with van der Waals surface area (Å²) in [6, 6.07) is 14.5. The Morgan fingerprint density at radius 3 is 0.800 bits per heavy atom. The molecule has 0 aliphatic carbocycles. The molecular formula is C16H20O4. The zero-order valence-corrected chi connectivity index (χ0v) is 11.2. The Hall–Kier alpha value is -1.72. The first-order valence-corrected chi connectivity index (χ1v) is 6.33. The molecule has 4 N–H and O–H groups in total. The van der Waals surface area contributed by atoms with Gasteiger partial charge in [0.2, 0.25) is 0 Å². The van der Waals surface area contributed by atoms with Gasteiger partial charge in [0.05, 0.1) is 26.4 Å². The van der Waals surface area contributed by atoms with Crippen LogP contribution < -0.4 is 0 Å². The van der Waals surface area contributed by atoms with Crippen molar-refractivity contribution in [2.45, 2.75) is 26.4 Å². The van der Waals surface area contributed by atoms with Crippen molar-refractivity contribution in [3.8, 4) is 0 Å². The molecule has 0 amide bonds. The first kappa shape index (κ1) is 16.3. The molecule has 2 aromatic rings. The maximum Gasteiger partial charge on any atom is 0.0685 e. The maximum absolute atomic E-state index is 8.74. The van der Waals surface area contributed by atoms with Crippen molar-refractivity contribution >= 4 is 0 Å². The Bertz CT molecular complexity index is 418. The van der Waals surface area contributed by atoms with Gasteiger partial charge in [-0.15, -0.1) is 0 Å². The first-order valence-electron chi connectivity index (χ1n) is 6.33. The molecule has 0 aliphatic rings. The summed E-state index contributed by atoms with van der Waals surface area (Å²) in [6.45, 7) is -0.0130. The molecule has 2 rings (SSSR count). The number of aliphatic hydroxyl groups is 4. The highest BCUT2D eigenvalue weighted by molar-refractivity contribution is 5.26. The Morgan fingerprint density at radius 1 is 0.450 bits per heavy atom. The highest BCUT2D eigenvalue weighted by atomic mass is 16.3. The number of hydrogen-bond donors (Lipinski definition) is 4. The maximum atomic E-state index is 8.74. The van der Waals surface area contributed by atoms with Gasteiger partial charge in [-0.25, -0.2) is 0 Å². The molecule has 0 saturated heterocycles. The van der Waals surface area contributed by atoms with E-state index in [0.29, 0.717) is 0 Å². The van der Waals surface area contributed by atoms with Gasteiger partial charge in [0.1, 0.15) is 0 Å². The predicted octanol–water partition coefficient (Wildman–Crippen LogP) is 1.34. The molecule has 0 radical (unpaired) electrons. The van der Waals surface area contributed by atoms with Crippen molar-refractivity contribution in [1.29, 1.82) is 0 Å². The van der Waals surface area contributed by atoms with Gasteiger partial charge < -0.3 is 20.4 Å². The molecule has 108 valence electrons. The fraction of sp³-hybridized carbons (Fsp3) is 0.250. The van der Waals surface area contributed by atoms with E-state index in [2.05, 4.69) is 0 Å². The lowest BCUT2D eigenvalue weighted by Gasteiger charge is -2.01. The van der Waals surface area contributed by atoms with Crippen molar-refractivity contribution < 1.29 is 20.4 Å². The third-order valence-electron chi connectivity index (χ3n) is 2.92. The van der Waals surface area contributed by atoms with Gasteiger partial charge in [-0.2, -0.15) is 0 Å². The van der Waals surface area contributed by atoms with Gasteiger partial charge in [0, 0.05) is 0 Å². The lowest BCUT2D eigenvalue weighted by Crippen LogP contribution is -1.91. The van der Waals surface area contributed by atoms with Gasteiger partial charge in [0.25, 0.3) is 0 Å². The molecule has 0 bridgehead atoms. The standard InChI is InChI=1S/2C8H10O2/c2*9-5-7-3-1-2-4-8(7)6-10/h2*1-4,9-10H,5-6H2. The van der Waals surface area contributed by atoms with Crippen LogP contribution in [0.25, 0.3) is 0 Å². The van der Waals surface area contributed by atoms with Crippen LogP contribution in [0.4, 0.5) is 0 Å². The molecule has 20 heavy (non-hydrogen) atoms. The number of hydrogen-bond acceptors (Lipinski definition) is 4. The molecule has 0 spiro atoms. The van der Waals surface area contributed by atoms with Crippen LogP contribution in [-0.2, 0) is 26.4 Å². The third-order valence-corrected chi connectivity index (χ3v) is 2.92. The Labute approximate surface area is 118 Å². The summed E-state index contributed by atoms with van der Waals surface area (Å²) in [5.41, 5.74) is 3.19. The molecule has 0 atom stereocenters. The summed E-state index contributed by atoms with van der Waals surface area (Å²) >= 11 is 0. The Morgan fingerprint density at radius 2 is 0.650 bits per heavy atom. The smallest absolute Gasteiger partial charge is 0.0685 e. The molecule has 0 aromatic heterocycles. The summed E-state index contributed by atoms with van der Waals surface area (Å²) in [4.78, 5) is 0. The monoisotopic (exact) mass is 276 g/mol. The summed E-state index contributed by atoms with van der Waals surface area (Å²) in [5, 5.41) is 35.0. The largest absolute Gasteiger partial charge is 0.392 e. The molecule has 0 unspecified atom stereocenters. The number of benzene rings is 2. The highest BCUT2D eigenvalue weighted by Gasteiger charge is 1.96. The van der Waals surface area contributed by atoms with Crippen molar-refractivity contribution in [2.75, 3.05) is 0 Å². The molecule has 2 aromatic carbocycles. The molecule has 0 aliphatic heterocycles. The van der Waals surface area contributed by atoms with Crippen LogP contribution in [0.5, 0.6) is 0 Å². The van der Waals surface area contributed by atoms with Crippen molar-refractivity contribution in [3.05, 3.63) is 70.8 Å². The zero-order chi connectivity index (χ0) is 14.8. The van der Waals surface area contributed by atoms with Crippen LogP contribution in [-0.4, -0.2) is 20.4 Å². The predicted molar refractivity (Wildman–Crippen MR) is 76.6 cm³/mol. The van der Waals surface area contributed by atoms with Crippen LogP contribution in [0.1, 0.15) is 22.3 Å². The Balaban J connectivity index is 0.000000200. The molecule has 0 saturated carbocycles. The average Bonchev–Trinajstić information content (AvgIpc) is 2.55. The number of aliphatic hydroxyl groups excluding tert-OH is 4. The van der Waals surface area contributed by atoms with Gasteiger partial charge in [0.15, 0.2) is 0 Å². The molecule has 4 nitrogen and oxygen atoms in total. The average molecular weight is 276 g/mol. The zero-order valence-electron chi connectivity index (χ0n) is 11.2. The highest BCUT2D eigenvalue weighted by Crippen LogP contribution is 2.08. The fourth-order valence-corrected chi connectivity index (χ4v) is 1.73. The second-order valence-corrected chi connectivity index (χ2v) is 4.17. The second-order valence-electron chi connectivity index (χ2n) is 4.17. The molecular weight excluding hydrogens is 256 g/mol. The van der Waals surface area contributed by atoms with E-state index in [1.54, 1.807) is 24.3 Å². The van der Waals surface area contributed by atoms with E-state index < -0.39 is 0 Å². The van der Waals surface area contributed by atoms with Crippen LogP contribution in [0.15, 0.2) is 48.5 Å². The summed E-state index contributed by atoms with van der Waals surface area (Å²) in [6.07, 6.45) is 0. The van der Waals surface area contributed by atoms with E-state index in [9.17, 15) is 0 Å². The van der Waals surface area contributed by atoms with Crippen LogP contribution in [0, 0.1) is 0 Å². The van der Waals surface area contributed by atoms with E-state index in [4.69, 9.17) is 20.4 Å². The van der Waals surface area contributed by atoms with Gasteiger partial charge in [-0.1, -0.05) is 48.5 Å². The number of rotatable bonds is 4. The Kier molecular flexibility index (Phi) is 7.54. The van der Waals surface area contributed by atoms with Gasteiger partial charge in [-0.3, -0.25) is 0 Å². The quantitative estimate of drug-likeness (QED) is 0.679. The molecule has 0 fully saturated rings. The van der Waals surface area contributed by atoms with E-state index in [1.807, 2.05) is 24.3 Å². The van der Waals surface area contributed by atoms with Gasteiger partial charge in [-0.05, 0) is 22.3 Å². The van der Waals surface area contributed by atoms with E-state index in [1.165, 1.54) is 0 Å². The van der Waals surface area contributed by atoms with E-state index >= 15 is 0 Å². The SMILES string of the molecule is OCc1ccccc1CO.OCc1ccccc1CO.